The third kappa shape index (κ3) is 3.66. The molecule has 0 aliphatic carbocycles. The lowest BCUT2D eigenvalue weighted by atomic mass is 10.2. The van der Waals surface area contributed by atoms with Gasteiger partial charge in [0.15, 0.2) is 9.27 Å². The molecule has 2 aromatic rings. The maximum Gasteiger partial charge on any atom is 0.216 e. The standard InChI is InChI=1S/C9H4BrCl3N2S2/c10-7-8(16-17-15-7)14-6-3-1-2-5(4-6)9(11,12)13/h1-4H/b14-8+. The van der Waals surface area contributed by atoms with Gasteiger partial charge in [-0.15, -0.1) is 0 Å². The first-order valence-electron chi connectivity index (χ1n) is 4.30. The number of rotatable bonds is 1. The van der Waals surface area contributed by atoms with Crippen LogP contribution in [0.3, 0.4) is 0 Å². The van der Waals surface area contributed by atoms with Crippen LogP contribution in [0.2, 0.25) is 0 Å². The van der Waals surface area contributed by atoms with E-state index in [1.54, 1.807) is 18.2 Å². The maximum atomic E-state index is 5.82. The summed E-state index contributed by atoms with van der Waals surface area (Å²) < 4.78 is 4.19. The van der Waals surface area contributed by atoms with Crippen LogP contribution in [0.25, 0.3) is 0 Å². The topological polar surface area (TPSA) is 25.2 Å². The summed E-state index contributed by atoms with van der Waals surface area (Å²) in [6, 6.07) is 7.13. The molecule has 0 spiro atoms. The molecule has 2 nitrogen and oxygen atoms in total. The Morgan fingerprint density at radius 2 is 2.06 bits per heavy atom. The van der Waals surface area contributed by atoms with E-state index < -0.39 is 3.79 Å². The van der Waals surface area contributed by atoms with E-state index in [2.05, 4.69) is 25.3 Å². The van der Waals surface area contributed by atoms with E-state index in [1.807, 2.05) is 6.07 Å². The third-order valence-electron chi connectivity index (χ3n) is 1.81. The van der Waals surface area contributed by atoms with Gasteiger partial charge in [-0.2, -0.15) is 4.37 Å². The molecule has 0 bridgehead atoms. The lowest BCUT2D eigenvalue weighted by Gasteiger charge is -2.10. The second-order valence-corrected chi connectivity index (χ2v) is 7.87. The van der Waals surface area contributed by atoms with E-state index in [9.17, 15) is 0 Å². The molecule has 1 heterocycles. The molecule has 90 valence electrons. The van der Waals surface area contributed by atoms with Crippen LogP contribution >= 0.6 is 71.6 Å². The van der Waals surface area contributed by atoms with Gasteiger partial charge in [0, 0.05) is 16.1 Å². The molecule has 0 radical (unpaired) electrons. The molecule has 1 aromatic heterocycles. The number of halogens is 4. The average Bonchev–Trinajstić information content (AvgIpc) is 2.64. The summed E-state index contributed by atoms with van der Waals surface area (Å²) in [5.41, 5.74) is 1.32. The van der Waals surface area contributed by atoms with Crippen LogP contribution in [-0.4, -0.2) is 4.37 Å². The van der Waals surface area contributed by atoms with Crippen molar-refractivity contribution in [2.24, 2.45) is 4.99 Å². The summed E-state index contributed by atoms with van der Waals surface area (Å²) in [6.07, 6.45) is 0. The molecule has 0 atom stereocenters. The van der Waals surface area contributed by atoms with Crippen molar-refractivity contribution in [3.63, 3.8) is 0 Å². The highest BCUT2D eigenvalue weighted by molar-refractivity contribution is 9.10. The predicted octanol–water partition coefficient (Wildman–Crippen LogP) is 5.03. The fraction of sp³-hybridized carbons (Fsp3) is 0.111. The maximum absolute atomic E-state index is 5.82. The van der Waals surface area contributed by atoms with Gasteiger partial charge in [-0.1, -0.05) is 46.9 Å². The van der Waals surface area contributed by atoms with Gasteiger partial charge in [0.2, 0.25) is 3.79 Å². The Morgan fingerprint density at radius 1 is 1.29 bits per heavy atom. The molecule has 8 heteroatoms. The first-order chi connectivity index (χ1) is 7.97. The monoisotopic (exact) mass is 388 g/mol. The van der Waals surface area contributed by atoms with Crippen molar-refractivity contribution in [1.29, 1.82) is 0 Å². The smallest absolute Gasteiger partial charge is 0.216 e. The number of hydrogen-bond donors (Lipinski definition) is 0. The van der Waals surface area contributed by atoms with Crippen molar-refractivity contribution < 1.29 is 0 Å². The van der Waals surface area contributed by atoms with Gasteiger partial charge in [-0.05, 0) is 38.4 Å². The van der Waals surface area contributed by atoms with Crippen molar-refractivity contribution >= 4 is 77.3 Å². The zero-order valence-corrected chi connectivity index (χ0v) is 13.5. The molecule has 2 rings (SSSR count). The molecule has 0 unspecified atom stereocenters. The SMILES string of the molecule is ClC(Cl)(Cl)c1cccc(/N=c2/ssnc2Br)c1. The van der Waals surface area contributed by atoms with Crippen LogP contribution in [0.4, 0.5) is 5.69 Å². The first kappa shape index (κ1) is 13.8. The zero-order valence-electron chi connectivity index (χ0n) is 8.03. The predicted molar refractivity (Wildman–Crippen MR) is 78.6 cm³/mol. The Morgan fingerprint density at radius 3 is 2.65 bits per heavy atom. The second kappa shape index (κ2) is 5.55. The van der Waals surface area contributed by atoms with Crippen molar-refractivity contribution in [3.05, 3.63) is 39.1 Å². The third-order valence-corrected chi connectivity index (χ3v) is 5.21. The number of alkyl halides is 3. The molecule has 0 amide bonds. The van der Waals surface area contributed by atoms with Gasteiger partial charge >= 0.3 is 0 Å². The molecule has 0 aliphatic heterocycles. The van der Waals surface area contributed by atoms with Gasteiger partial charge in [0.05, 0.1) is 5.69 Å². The van der Waals surface area contributed by atoms with Gasteiger partial charge in [-0.25, -0.2) is 4.99 Å². The second-order valence-electron chi connectivity index (χ2n) is 3.01. The van der Waals surface area contributed by atoms with Crippen molar-refractivity contribution in [2.75, 3.05) is 0 Å². The molecule has 0 aliphatic rings. The molecule has 0 saturated heterocycles. The number of aromatic nitrogens is 1. The van der Waals surface area contributed by atoms with Gasteiger partial charge in [0.1, 0.15) is 0 Å². The summed E-state index contributed by atoms with van der Waals surface area (Å²) in [6.45, 7) is 0. The van der Waals surface area contributed by atoms with Gasteiger partial charge < -0.3 is 0 Å². The van der Waals surface area contributed by atoms with Crippen LogP contribution in [-0.2, 0) is 3.79 Å². The summed E-state index contributed by atoms with van der Waals surface area (Å²) in [7, 11) is 2.84. The average molecular weight is 391 g/mol. The minimum absolute atomic E-state index is 0.591. The lowest BCUT2D eigenvalue weighted by molar-refractivity contribution is 1.23. The largest absolute Gasteiger partial charge is 0.234 e. The van der Waals surface area contributed by atoms with Crippen molar-refractivity contribution in [3.8, 4) is 0 Å². The highest BCUT2D eigenvalue weighted by atomic mass is 79.9. The van der Waals surface area contributed by atoms with Crippen LogP contribution < -0.4 is 4.67 Å². The molecular formula is C9H4BrCl3N2S2. The van der Waals surface area contributed by atoms with Crippen LogP contribution in [0.5, 0.6) is 0 Å². The summed E-state index contributed by atoms with van der Waals surface area (Å²) in [5, 5.41) is 0. The van der Waals surface area contributed by atoms with Crippen LogP contribution in [0.15, 0.2) is 33.9 Å². The van der Waals surface area contributed by atoms with Gasteiger partial charge in [-0.3, -0.25) is 0 Å². The van der Waals surface area contributed by atoms with Crippen LogP contribution in [0, 0.1) is 0 Å². The number of nitrogens with zero attached hydrogens (tertiary/aromatic N) is 2. The van der Waals surface area contributed by atoms with Crippen molar-refractivity contribution in [1.82, 2.24) is 4.37 Å². The molecule has 0 saturated carbocycles. The van der Waals surface area contributed by atoms with E-state index >= 15 is 0 Å². The normalized spacial score (nSPS) is 13.1. The lowest BCUT2D eigenvalue weighted by Crippen LogP contribution is -1.99. The first-order valence-corrected chi connectivity index (χ1v) is 8.34. The molecule has 0 fully saturated rings. The Labute approximate surface area is 129 Å². The summed E-state index contributed by atoms with van der Waals surface area (Å²) >= 11 is 20.8. The summed E-state index contributed by atoms with van der Waals surface area (Å²) in [4.78, 5) is 4.42. The highest BCUT2D eigenvalue weighted by Crippen LogP contribution is 2.39. The van der Waals surface area contributed by atoms with E-state index in [-0.39, 0.29) is 0 Å². The molecular weight excluding hydrogens is 387 g/mol. The fourth-order valence-corrected chi connectivity index (χ4v) is 4.07. The van der Waals surface area contributed by atoms with E-state index in [0.717, 1.165) is 15.0 Å². The quantitative estimate of drug-likeness (QED) is 0.495. The van der Waals surface area contributed by atoms with E-state index in [0.29, 0.717) is 5.56 Å². The zero-order chi connectivity index (χ0) is 12.5. The number of benzene rings is 1. The highest BCUT2D eigenvalue weighted by Gasteiger charge is 2.22. The summed E-state index contributed by atoms with van der Waals surface area (Å²) in [5.74, 6) is 0. The van der Waals surface area contributed by atoms with Gasteiger partial charge in [0.25, 0.3) is 0 Å². The van der Waals surface area contributed by atoms with Crippen LogP contribution in [0.1, 0.15) is 5.56 Å². The molecule has 1 aromatic carbocycles. The molecule has 0 N–H and O–H groups in total. The Hall–Kier alpha value is 0.350. The molecule has 17 heavy (non-hydrogen) atoms. The number of hydrogen-bond acceptors (Lipinski definition) is 4. The Bertz CT molecular complexity index is 588. The van der Waals surface area contributed by atoms with Crippen molar-refractivity contribution in [2.45, 2.75) is 3.79 Å². The fourth-order valence-electron chi connectivity index (χ4n) is 1.09. The van der Waals surface area contributed by atoms with E-state index in [1.165, 1.54) is 20.9 Å². The minimum Gasteiger partial charge on any atom is -0.234 e. The Kier molecular flexibility index (Phi) is 4.50. The van der Waals surface area contributed by atoms with E-state index in [4.69, 9.17) is 34.8 Å². The Balaban J connectivity index is 2.46. The minimum atomic E-state index is -1.43.